The Balaban J connectivity index is 1.55. The van der Waals surface area contributed by atoms with Crippen LogP contribution in [-0.4, -0.2) is 42.0 Å². The number of nitrogens with zero attached hydrogens (tertiary/aromatic N) is 4. The van der Waals surface area contributed by atoms with Crippen molar-refractivity contribution < 1.29 is 9.47 Å². The van der Waals surface area contributed by atoms with Crippen LogP contribution in [0.3, 0.4) is 0 Å². The zero-order valence-electron chi connectivity index (χ0n) is 15.5. The molecule has 0 bridgehead atoms. The van der Waals surface area contributed by atoms with Gasteiger partial charge in [-0.3, -0.25) is 0 Å². The predicted octanol–water partition coefficient (Wildman–Crippen LogP) is 3.53. The van der Waals surface area contributed by atoms with Gasteiger partial charge in [-0.2, -0.15) is 10.1 Å². The molecule has 0 fully saturated rings. The van der Waals surface area contributed by atoms with Crippen molar-refractivity contribution >= 4 is 17.5 Å². The molecular formula is C20H23N5O2. The average molecular weight is 365 g/mol. The van der Waals surface area contributed by atoms with E-state index in [9.17, 15) is 0 Å². The molecule has 0 atom stereocenters. The van der Waals surface area contributed by atoms with Gasteiger partial charge in [-0.05, 0) is 43.3 Å². The van der Waals surface area contributed by atoms with Gasteiger partial charge in [0.2, 0.25) is 0 Å². The summed E-state index contributed by atoms with van der Waals surface area (Å²) in [4.78, 5) is 6.56. The lowest BCUT2D eigenvalue weighted by Gasteiger charge is -2.20. The van der Waals surface area contributed by atoms with E-state index in [-0.39, 0.29) is 0 Å². The number of hydrogen-bond acceptors (Lipinski definition) is 7. The maximum atomic E-state index is 5.70. The third-order valence-corrected chi connectivity index (χ3v) is 3.91. The van der Waals surface area contributed by atoms with E-state index < -0.39 is 0 Å². The van der Waals surface area contributed by atoms with Crippen molar-refractivity contribution in [3.8, 4) is 11.5 Å². The van der Waals surface area contributed by atoms with Gasteiger partial charge in [-0.15, -0.1) is 5.10 Å². The first-order valence-corrected chi connectivity index (χ1v) is 8.83. The van der Waals surface area contributed by atoms with Crippen LogP contribution < -0.4 is 19.7 Å². The Morgan fingerprint density at radius 1 is 1.00 bits per heavy atom. The molecule has 1 N–H and O–H groups in total. The molecule has 0 radical (unpaired) electrons. The van der Waals surface area contributed by atoms with Crippen molar-refractivity contribution in [1.29, 1.82) is 0 Å². The Hall–Kier alpha value is -3.35. The molecule has 7 nitrogen and oxygen atoms in total. The summed E-state index contributed by atoms with van der Waals surface area (Å²) >= 11 is 0. The summed E-state index contributed by atoms with van der Waals surface area (Å²) in [6.07, 6.45) is 1.61. The van der Waals surface area contributed by atoms with E-state index in [1.54, 1.807) is 13.3 Å². The summed E-state index contributed by atoms with van der Waals surface area (Å²) in [5.41, 5.74) is 1.03. The van der Waals surface area contributed by atoms with Gasteiger partial charge in [0.25, 0.3) is 5.95 Å². The smallest absolute Gasteiger partial charge is 0.251 e. The molecular weight excluding hydrogens is 342 g/mol. The molecule has 0 amide bonds. The molecule has 0 saturated carbocycles. The molecule has 3 rings (SSSR count). The highest BCUT2D eigenvalue weighted by Gasteiger charge is 2.11. The van der Waals surface area contributed by atoms with Crippen LogP contribution in [0.2, 0.25) is 0 Å². The summed E-state index contributed by atoms with van der Waals surface area (Å²) in [5, 5.41) is 11.4. The number of ether oxygens (including phenoxy) is 2. The van der Waals surface area contributed by atoms with E-state index in [1.165, 1.54) is 0 Å². The molecule has 0 aliphatic carbocycles. The minimum atomic E-state index is 0.502. The van der Waals surface area contributed by atoms with Crippen molar-refractivity contribution in [2.45, 2.75) is 6.92 Å². The third-order valence-electron chi connectivity index (χ3n) is 3.91. The molecule has 0 aliphatic rings. The average Bonchev–Trinajstić information content (AvgIpc) is 2.73. The normalized spacial score (nSPS) is 10.3. The summed E-state index contributed by atoms with van der Waals surface area (Å²) in [5.74, 6) is 2.82. The summed E-state index contributed by atoms with van der Waals surface area (Å²) in [6, 6.07) is 17.5. The highest BCUT2D eigenvalue weighted by molar-refractivity contribution is 5.57. The van der Waals surface area contributed by atoms with Gasteiger partial charge in [-0.1, -0.05) is 18.2 Å². The summed E-state index contributed by atoms with van der Waals surface area (Å²) in [7, 11) is 1.64. The third kappa shape index (κ3) is 5.07. The van der Waals surface area contributed by atoms with Gasteiger partial charge in [0.15, 0.2) is 5.82 Å². The van der Waals surface area contributed by atoms with E-state index in [4.69, 9.17) is 9.47 Å². The fourth-order valence-corrected chi connectivity index (χ4v) is 2.56. The minimum Gasteiger partial charge on any atom is -0.497 e. The monoisotopic (exact) mass is 365 g/mol. The van der Waals surface area contributed by atoms with Crippen molar-refractivity contribution in [2.75, 3.05) is 37.0 Å². The van der Waals surface area contributed by atoms with Crippen LogP contribution in [0.4, 0.5) is 17.5 Å². The topological polar surface area (TPSA) is 72.4 Å². The Morgan fingerprint density at radius 2 is 1.74 bits per heavy atom. The second kappa shape index (κ2) is 9.38. The Morgan fingerprint density at radius 3 is 2.44 bits per heavy atom. The van der Waals surface area contributed by atoms with E-state index in [0.29, 0.717) is 24.9 Å². The Kier molecular flexibility index (Phi) is 6.40. The second-order valence-corrected chi connectivity index (χ2v) is 5.67. The number of rotatable bonds is 9. The first kappa shape index (κ1) is 18.4. The molecule has 0 spiro atoms. The number of methoxy groups -OCH3 is 1. The first-order valence-electron chi connectivity index (χ1n) is 8.83. The van der Waals surface area contributed by atoms with Crippen molar-refractivity contribution in [2.24, 2.45) is 0 Å². The maximum Gasteiger partial charge on any atom is 0.251 e. The molecule has 2 aromatic carbocycles. The van der Waals surface area contributed by atoms with Crippen molar-refractivity contribution in [1.82, 2.24) is 15.2 Å². The molecule has 27 heavy (non-hydrogen) atoms. The lowest BCUT2D eigenvalue weighted by Crippen LogP contribution is -2.20. The number of para-hydroxylation sites is 1. The van der Waals surface area contributed by atoms with Crippen LogP contribution in [0.15, 0.2) is 60.8 Å². The summed E-state index contributed by atoms with van der Waals surface area (Å²) < 4.78 is 10.8. The zero-order chi connectivity index (χ0) is 18.9. The lowest BCUT2D eigenvalue weighted by molar-refractivity contribution is 0.331. The molecule has 0 unspecified atom stereocenters. The first-order chi connectivity index (χ1) is 13.3. The Labute approximate surface area is 159 Å². The number of benzene rings is 2. The van der Waals surface area contributed by atoms with Crippen LogP contribution in [0.1, 0.15) is 6.92 Å². The minimum absolute atomic E-state index is 0.502. The zero-order valence-corrected chi connectivity index (χ0v) is 15.5. The van der Waals surface area contributed by atoms with Gasteiger partial charge in [-0.25, -0.2) is 0 Å². The Bertz CT molecular complexity index is 827. The van der Waals surface area contributed by atoms with Gasteiger partial charge in [0.05, 0.1) is 19.9 Å². The van der Waals surface area contributed by atoms with Crippen LogP contribution in [0.5, 0.6) is 11.5 Å². The van der Waals surface area contributed by atoms with E-state index in [0.717, 1.165) is 23.7 Å². The predicted molar refractivity (Wildman–Crippen MR) is 106 cm³/mol. The van der Waals surface area contributed by atoms with Gasteiger partial charge in [0.1, 0.15) is 18.1 Å². The number of hydrogen-bond donors (Lipinski definition) is 1. The molecule has 140 valence electrons. The summed E-state index contributed by atoms with van der Waals surface area (Å²) in [6.45, 7) is 3.90. The number of anilines is 3. The van der Waals surface area contributed by atoms with Crippen LogP contribution in [0, 0.1) is 0 Å². The van der Waals surface area contributed by atoms with Crippen LogP contribution >= 0.6 is 0 Å². The quantitative estimate of drug-likeness (QED) is 0.582. The molecule has 7 heteroatoms. The second-order valence-electron chi connectivity index (χ2n) is 5.67. The number of nitrogens with one attached hydrogen (secondary N) is 1. The van der Waals surface area contributed by atoms with Gasteiger partial charge in [0, 0.05) is 12.2 Å². The van der Waals surface area contributed by atoms with Gasteiger partial charge >= 0.3 is 0 Å². The highest BCUT2D eigenvalue weighted by atomic mass is 16.5. The van der Waals surface area contributed by atoms with Crippen LogP contribution in [0.25, 0.3) is 0 Å². The number of aromatic nitrogens is 3. The highest BCUT2D eigenvalue weighted by Crippen LogP contribution is 2.21. The van der Waals surface area contributed by atoms with Crippen molar-refractivity contribution in [3.63, 3.8) is 0 Å². The van der Waals surface area contributed by atoms with Crippen molar-refractivity contribution in [3.05, 3.63) is 60.8 Å². The fraction of sp³-hybridized carbons (Fsp3) is 0.250. The fourth-order valence-electron chi connectivity index (χ4n) is 2.56. The maximum absolute atomic E-state index is 5.70. The van der Waals surface area contributed by atoms with Gasteiger partial charge < -0.3 is 19.7 Å². The molecule has 1 aromatic heterocycles. The molecule has 0 saturated heterocycles. The molecule has 0 aliphatic heterocycles. The van der Waals surface area contributed by atoms with E-state index in [1.807, 2.05) is 59.5 Å². The standard InChI is InChI=1S/C20H23N5O2/c1-3-25(16-7-5-4-6-8-16)20-23-19(15-22-24-20)21-13-14-27-18-11-9-17(26-2)10-12-18/h4-12,15H,3,13-14H2,1-2H3,(H,21,23,24). The van der Waals surface area contributed by atoms with Crippen LogP contribution in [-0.2, 0) is 0 Å². The van der Waals surface area contributed by atoms with E-state index >= 15 is 0 Å². The molecule has 1 heterocycles. The molecule has 3 aromatic rings. The lowest BCUT2D eigenvalue weighted by atomic mass is 10.3. The SMILES string of the molecule is CCN(c1ccccc1)c1nncc(NCCOc2ccc(OC)cc2)n1. The van der Waals surface area contributed by atoms with E-state index in [2.05, 4.69) is 27.4 Å². The largest absolute Gasteiger partial charge is 0.497 e.